The maximum atomic E-state index is 11.3. The topological polar surface area (TPSA) is 17.1 Å². The zero-order valence-corrected chi connectivity index (χ0v) is 9.13. The summed E-state index contributed by atoms with van der Waals surface area (Å²) in [7, 11) is 0. The van der Waals surface area contributed by atoms with Gasteiger partial charge >= 0.3 is 0 Å². The van der Waals surface area contributed by atoms with Crippen LogP contribution in [0.1, 0.15) is 64.2 Å². The van der Waals surface area contributed by atoms with E-state index in [1.807, 2.05) is 0 Å². The Morgan fingerprint density at radius 2 is 1.36 bits per heavy atom. The summed E-state index contributed by atoms with van der Waals surface area (Å²) in [5.41, 5.74) is 0. The first-order valence-corrected chi connectivity index (χ1v) is 6.09. The van der Waals surface area contributed by atoms with Crippen molar-refractivity contribution < 1.29 is 4.79 Å². The molecular formula is C13H22O. The van der Waals surface area contributed by atoms with Gasteiger partial charge in [-0.25, -0.2) is 0 Å². The summed E-state index contributed by atoms with van der Waals surface area (Å²) in [4.78, 5) is 11.3. The second-order valence-electron chi connectivity index (χ2n) is 4.24. The van der Waals surface area contributed by atoms with Gasteiger partial charge in [-0.05, 0) is 25.3 Å². The van der Waals surface area contributed by atoms with Crippen LogP contribution in [-0.2, 0) is 4.79 Å². The van der Waals surface area contributed by atoms with Gasteiger partial charge in [0.15, 0.2) is 5.78 Å². The Hall–Kier alpha value is -0.590. The summed E-state index contributed by atoms with van der Waals surface area (Å²) in [6.07, 6.45) is 16.0. The molecule has 0 atom stereocenters. The van der Waals surface area contributed by atoms with Gasteiger partial charge in [0, 0.05) is 6.42 Å². The van der Waals surface area contributed by atoms with E-state index in [1.165, 1.54) is 44.9 Å². The number of ketones is 1. The maximum Gasteiger partial charge on any atom is 0.155 e. The fourth-order valence-electron chi connectivity index (χ4n) is 1.92. The molecule has 0 amide bonds. The van der Waals surface area contributed by atoms with Crippen LogP contribution < -0.4 is 0 Å². The SMILES string of the molecule is O=C1/C=C\CCCCCCCCCC1. The molecular weight excluding hydrogens is 172 g/mol. The lowest BCUT2D eigenvalue weighted by atomic mass is 10.1. The van der Waals surface area contributed by atoms with Crippen LogP contribution in [0.25, 0.3) is 0 Å². The fraction of sp³-hybridized carbons (Fsp3) is 0.769. The number of carbonyl (C=O) groups is 1. The van der Waals surface area contributed by atoms with Crippen molar-refractivity contribution in [2.24, 2.45) is 0 Å². The van der Waals surface area contributed by atoms with Crippen molar-refractivity contribution >= 4 is 5.78 Å². The average molecular weight is 194 g/mol. The van der Waals surface area contributed by atoms with Crippen LogP contribution in [0.15, 0.2) is 12.2 Å². The molecule has 0 radical (unpaired) electrons. The van der Waals surface area contributed by atoms with Gasteiger partial charge in [0.25, 0.3) is 0 Å². The predicted molar refractivity (Wildman–Crippen MR) is 60.3 cm³/mol. The zero-order valence-electron chi connectivity index (χ0n) is 9.13. The van der Waals surface area contributed by atoms with Crippen LogP contribution in [0.2, 0.25) is 0 Å². The van der Waals surface area contributed by atoms with E-state index >= 15 is 0 Å². The number of rotatable bonds is 0. The highest BCUT2D eigenvalue weighted by molar-refractivity contribution is 5.89. The molecule has 0 heterocycles. The van der Waals surface area contributed by atoms with Crippen molar-refractivity contribution in [3.8, 4) is 0 Å². The highest BCUT2D eigenvalue weighted by Crippen LogP contribution is 2.12. The summed E-state index contributed by atoms with van der Waals surface area (Å²) < 4.78 is 0. The monoisotopic (exact) mass is 194 g/mol. The third-order valence-electron chi connectivity index (χ3n) is 2.85. The van der Waals surface area contributed by atoms with Crippen molar-refractivity contribution in [2.75, 3.05) is 0 Å². The largest absolute Gasteiger partial charge is 0.295 e. The van der Waals surface area contributed by atoms with E-state index in [0.717, 1.165) is 19.3 Å². The van der Waals surface area contributed by atoms with Crippen LogP contribution in [0.5, 0.6) is 0 Å². The molecule has 1 aliphatic rings. The summed E-state index contributed by atoms with van der Waals surface area (Å²) in [6.45, 7) is 0. The molecule has 14 heavy (non-hydrogen) atoms. The van der Waals surface area contributed by atoms with Crippen molar-refractivity contribution in [1.82, 2.24) is 0 Å². The Bertz CT molecular complexity index is 182. The Morgan fingerprint density at radius 1 is 0.786 bits per heavy atom. The number of hydrogen-bond donors (Lipinski definition) is 0. The molecule has 0 aromatic carbocycles. The number of carbonyl (C=O) groups excluding carboxylic acids is 1. The normalized spacial score (nSPS) is 24.4. The van der Waals surface area contributed by atoms with Crippen molar-refractivity contribution in [1.29, 1.82) is 0 Å². The van der Waals surface area contributed by atoms with E-state index in [-0.39, 0.29) is 0 Å². The van der Waals surface area contributed by atoms with Crippen molar-refractivity contribution in [3.63, 3.8) is 0 Å². The number of allylic oxidation sites excluding steroid dienone is 2. The Morgan fingerprint density at radius 3 is 2.07 bits per heavy atom. The summed E-state index contributed by atoms with van der Waals surface area (Å²) in [5, 5.41) is 0. The molecule has 0 bridgehead atoms. The first kappa shape index (κ1) is 11.5. The van der Waals surface area contributed by atoms with Crippen LogP contribution >= 0.6 is 0 Å². The van der Waals surface area contributed by atoms with Crippen LogP contribution in [0, 0.1) is 0 Å². The van der Waals surface area contributed by atoms with E-state index in [9.17, 15) is 4.79 Å². The fourth-order valence-corrected chi connectivity index (χ4v) is 1.92. The molecule has 0 aromatic rings. The molecule has 0 aliphatic heterocycles. The molecule has 80 valence electrons. The van der Waals surface area contributed by atoms with E-state index in [0.29, 0.717) is 5.78 Å². The van der Waals surface area contributed by atoms with Gasteiger partial charge in [-0.15, -0.1) is 0 Å². The van der Waals surface area contributed by atoms with E-state index < -0.39 is 0 Å². The predicted octanol–water partition coefficient (Wildman–Crippen LogP) is 4.03. The van der Waals surface area contributed by atoms with Crippen LogP contribution in [0.3, 0.4) is 0 Å². The summed E-state index contributed by atoms with van der Waals surface area (Å²) >= 11 is 0. The average Bonchev–Trinajstić information content (AvgIpc) is 2.20. The van der Waals surface area contributed by atoms with Gasteiger partial charge < -0.3 is 0 Å². The minimum atomic E-state index is 0.323. The standard InChI is InChI=1S/C13H22O/c14-13-11-9-7-5-3-1-2-4-6-8-10-12-13/h9,11H,1-8,10,12H2/b11-9-. The second kappa shape index (κ2) is 7.78. The van der Waals surface area contributed by atoms with Crippen LogP contribution in [0.4, 0.5) is 0 Å². The molecule has 0 saturated heterocycles. The highest BCUT2D eigenvalue weighted by Gasteiger charge is 1.98. The Kier molecular flexibility index (Phi) is 6.38. The molecule has 1 rings (SSSR count). The molecule has 0 N–H and O–H groups in total. The lowest BCUT2D eigenvalue weighted by Gasteiger charge is -1.99. The van der Waals surface area contributed by atoms with Gasteiger partial charge in [-0.2, -0.15) is 0 Å². The number of hydrogen-bond acceptors (Lipinski definition) is 1. The Labute approximate surface area is 87.6 Å². The van der Waals surface area contributed by atoms with Gasteiger partial charge in [0.05, 0.1) is 0 Å². The molecule has 1 aliphatic carbocycles. The van der Waals surface area contributed by atoms with Gasteiger partial charge in [0.1, 0.15) is 0 Å². The third-order valence-corrected chi connectivity index (χ3v) is 2.85. The smallest absolute Gasteiger partial charge is 0.155 e. The van der Waals surface area contributed by atoms with Crippen molar-refractivity contribution in [3.05, 3.63) is 12.2 Å². The summed E-state index contributed by atoms with van der Waals surface area (Å²) in [5.74, 6) is 0.323. The molecule has 0 fully saturated rings. The minimum Gasteiger partial charge on any atom is -0.295 e. The first-order valence-electron chi connectivity index (χ1n) is 6.09. The van der Waals surface area contributed by atoms with Gasteiger partial charge in [-0.1, -0.05) is 44.6 Å². The quantitative estimate of drug-likeness (QED) is 0.569. The maximum absolute atomic E-state index is 11.3. The molecule has 0 saturated carbocycles. The lowest BCUT2D eigenvalue weighted by Crippen LogP contribution is -1.91. The molecule has 0 aromatic heterocycles. The Balaban J connectivity index is 2.24. The minimum absolute atomic E-state index is 0.323. The van der Waals surface area contributed by atoms with Crippen molar-refractivity contribution in [2.45, 2.75) is 64.2 Å². The molecule has 0 spiro atoms. The van der Waals surface area contributed by atoms with Gasteiger partial charge in [-0.3, -0.25) is 4.79 Å². The third kappa shape index (κ3) is 5.95. The summed E-state index contributed by atoms with van der Waals surface area (Å²) in [6, 6.07) is 0. The molecule has 1 nitrogen and oxygen atoms in total. The second-order valence-corrected chi connectivity index (χ2v) is 4.24. The van der Waals surface area contributed by atoms with Gasteiger partial charge in [0.2, 0.25) is 0 Å². The molecule has 1 heteroatoms. The van der Waals surface area contributed by atoms with E-state index in [2.05, 4.69) is 6.08 Å². The lowest BCUT2D eigenvalue weighted by molar-refractivity contribution is -0.114. The first-order chi connectivity index (χ1) is 6.89. The van der Waals surface area contributed by atoms with Crippen LogP contribution in [-0.4, -0.2) is 5.78 Å². The van der Waals surface area contributed by atoms with E-state index in [4.69, 9.17) is 0 Å². The highest BCUT2D eigenvalue weighted by atomic mass is 16.1. The zero-order chi connectivity index (χ0) is 10.1. The van der Waals surface area contributed by atoms with E-state index in [1.54, 1.807) is 6.08 Å². The molecule has 0 unspecified atom stereocenters.